The lowest BCUT2D eigenvalue weighted by Crippen LogP contribution is -2.25. The van der Waals surface area contributed by atoms with Gasteiger partial charge in [-0.15, -0.1) is 11.3 Å². The lowest BCUT2D eigenvalue weighted by atomic mass is 10.0. The van der Waals surface area contributed by atoms with Gasteiger partial charge in [-0.05, 0) is 44.1 Å². The molecule has 1 aliphatic carbocycles. The topological polar surface area (TPSA) is 57.8 Å². The second kappa shape index (κ2) is 4.97. The number of nitrogens with one attached hydrogen (secondary N) is 2. The average Bonchev–Trinajstić information content (AvgIpc) is 3.12. The van der Waals surface area contributed by atoms with Gasteiger partial charge in [-0.2, -0.15) is 0 Å². The summed E-state index contributed by atoms with van der Waals surface area (Å²) in [6.45, 7) is 7.94. The number of aromatic nitrogens is 2. The molecule has 2 N–H and O–H groups in total. The number of H-pyrrole nitrogens is 1. The van der Waals surface area contributed by atoms with Crippen molar-refractivity contribution in [3.8, 4) is 0 Å². The first-order chi connectivity index (χ1) is 9.54. The second-order valence-corrected chi connectivity index (χ2v) is 7.14. The molecule has 0 aromatic carbocycles. The molecule has 1 aliphatic rings. The highest BCUT2D eigenvalue weighted by atomic mass is 32.1. The largest absolute Gasteiger partial charge is 0.309 e. The summed E-state index contributed by atoms with van der Waals surface area (Å²) in [5.74, 6) is 0.746. The Bertz CT molecular complexity index is 697. The van der Waals surface area contributed by atoms with E-state index in [1.807, 2.05) is 13.8 Å². The number of hydrogen-bond donors (Lipinski definition) is 2. The fourth-order valence-corrected chi connectivity index (χ4v) is 3.71. The van der Waals surface area contributed by atoms with E-state index in [9.17, 15) is 4.79 Å². The lowest BCUT2D eigenvalue weighted by molar-refractivity contribution is 0.440. The number of hydrogen-bond acceptors (Lipinski definition) is 4. The monoisotopic (exact) mass is 291 g/mol. The molecule has 0 atom stereocenters. The van der Waals surface area contributed by atoms with E-state index in [1.165, 1.54) is 24.1 Å². The van der Waals surface area contributed by atoms with Crippen molar-refractivity contribution < 1.29 is 0 Å². The summed E-state index contributed by atoms with van der Waals surface area (Å²) < 4.78 is 0. The van der Waals surface area contributed by atoms with Gasteiger partial charge in [0.1, 0.15) is 10.7 Å². The van der Waals surface area contributed by atoms with Gasteiger partial charge < -0.3 is 10.3 Å². The van der Waals surface area contributed by atoms with Gasteiger partial charge in [0, 0.05) is 11.4 Å². The van der Waals surface area contributed by atoms with Crippen molar-refractivity contribution in [3.05, 3.63) is 26.6 Å². The molecule has 5 heteroatoms. The highest BCUT2D eigenvalue weighted by Crippen LogP contribution is 2.47. The SMILES string of the molecule is CCC1(CNCc2nc3sc(C)c(C)c3c(=O)[nH]2)CC1. The maximum atomic E-state index is 12.1. The fourth-order valence-electron chi connectivity index (χ4n) is 2.66. The molecule has 0 saturated heterocycles. The minimum Gasteiger partial charge on any atom is -0.309 e. The summed E-state index contributed by atoms with van der Waals surface area (Å²) in [5.41, 5.74) is 1.56. The molecule has 0 aliphatic heterocycles. The quantitative estimate of drug-likeness (QED) is 0.890. The number of rotatable bonds is 5. The van der Waals surface area contributed by atoms with Crippen LogP contribution in [0.2, 0.25) is 0 Å². The van der Waals surface area contributed by atoms with Gasteiger partial charge in [0.15, 0.2) is 0 Å². The normalized spacial score (nSPS) is 16.8. The molecule has 1 saturated carbocycles. The summed E-state index contributed by atoms with van der Waals surface area (Å²) in [6.07, 6.45) is 3.87. The van der Waals surface area contributed by atoms with Crippen LogP contribution < -0.4 is 10.9 Å². The van der Waals surface area contributed by atoms with Crippen molar-refractivity contribution in [1.82, 2.24) is 15.3 Å². The molecule has 108 valence electrons. The lowest BCUT2D eigenvalue weighted by Gasteiger charge is -2.12. The van der Waals surface area contributed by atoms with Crippen LogP contribution in [0.5, 0.6) is 0 Å². The number of nitrogens with zero attached hydrogens (tertiary/aromatic N) is 1. The Morgan fingerprint density at radius 3 is 2.80 bits per heavy atom. The smallest absolute Gasteiger partial charge is 0.259 e. The van der Waals surface area contributed by atoms with Gasteiger partial charge >= 0.3 is 0 Å². The molecule has 2 heterocycles. The van der Waals surface area contributed by atoms with E-state index in [-0.39, 0.29) is 5.56 Å². The van der Waals surface area contributed by atoms with Crippen LogP contribution in [0.3, 0.4) is 0 Å². The summed E-state index contributed by atoms with van der Waals surface area (Å²) >= 11 is 1.60. The third kappa shape index (κ3) is 2.40. The van der Waals surface area contributed by atoms with Crippen LogP contribution in [0.4, 0.5) is 0 Å². The number of thiophene rings is 1. The second-order valence-electron chi connectivity index (χ2n) is 5.93. The Morgan fingerprint density at radius 1 is 1.40 bits per heavy atom. The molecule has 0 bridgehead atoms. The third-order valence-corrected chi connectivity index (χ3v) is 5.69. The predicted octanol–water partition coefficient (Wildman–Crippen LogP) is 2.88. The Morgan fingerprint density at radius 2 is 2.15 bits per heavy atom. The fraction of sp³-hybridized carbons (Fsp3) is 0.600. The predicted molar refractivity (Wildman–Crippen MR) is 83.4 cm³/mol. The Labute approximate surface area is 122 Å². The van der Waals surface area contributed by atoms with Crippen molar-refractivity contribution in [2.75, 3.05) is 6.54 Å². The zero-order valence-electron chi connectivity index (χ0n) is 12.3. The van der Waals surface area contributed by atoms with E-state index in [4.69, 9.17) is 0 Å². The highest BCUT2D eigenvalue weighted by Gasteiger charge is 2.39. The summed E-state index contributed by atoms with van der Waals surface area (Å²) in [6, 6.07) is 0. The molecule has 4 nitrogen and oxygen atoms in total. The first kappa shape index (κ1) is 13.8. The number of fused-ring (bicyclic) bond motifs is 1. The van der Waals surface area contributed by atoms with Gasteiger partial charge in [-0.3, -0.25) is 4.79 Å². The van der Waals surface area contributed by atoms with Gasteiger partial charge in [0.25, 0.3) is 5.56 Å². The van der Waals surface area contributed by atoms with E-state index in [2.05, 4.69) is 22.2 Å². The van der Waals surface area contributed by atoms with E-state index in [1.54, 1.807) is 11.3 Å². The van der Waals surface area contributed by atoms with E-state index in [0.29, 0.717) is 12.0 Å². The molecule has 20 heavy (non-hydrogen) atoms. The van der Waals surface area contributed by atoms with Gasteiger partial charge in [0.2, 0.25) is 0 Å². The molecule has 3 rings (SSSR count). The minimum atomic E-state index is -0.00900. The first-order valence-electron chi connectivity index (χ1n) is 7.24. The molecule has 0 spiro atoms. The summed E-state index contributed by atoms with van der Waals surface area (Å²) in [7, 11) is 0. The molecule has 0 radical (unpaired) electrons. The highest BCUT2D eigenvalue weighted by molar-refractivity contribution is 7.18. The zero-order chi connectivity index (χ0) is 14.3. The van der Waals surface area contributed by atoms with Crippen LogP contribution in [-0.2, 0) is 6.54 Å². The maximum Gasteiger partial charge on any atom is 0.259 e. The molecule has 2 aromatic heterocycles. The first-order valence-corrected chi connectivity index (χ1v) is 8.06. The third-order valence-electron chi connectivity index (χ3n) is 4.59. The average molecular weight is 291 g/mol. The van der Waals surface area contributed by atoms with Crippen molar-refractivity contribution in [3.63, 3.8) is 0 Å². The molecule has 1 fully saturated rings. The Kier molecular flexibility index (Phi) is 3.42. The van der Waals surface area contributed by atoms with E-state index < -0.39 is 0 Å². The Balaban J connectivity index is 1.77. The minimum absolute atomic E-state index is 0.00900. The molecule has 0 amide bonds. The van der Waals surface area contributed by atoms with Crippen molar-refractivity contribution in [2.45, 2.75) is 46.6 Å². The summed E-state index contributed by atoms with van der Waals surface area (Å²) in [4.78, 5) is 21.7. The van der Waals surface area contributed by atoms with E-state index >= 15 is 0 Å². The van der Waals surface area contributed by atoms with Gasteiger partial charge in [-0.25, -0.2) is 4.98 Å². The van der Waals surface area contributed by atoms with Crippen molar-refractivity contribution in [1.29, 1.82) is 0 Å². The zero-order valence-corrected chi connectivity index (χ0v) is 13.1. The van der Waals surface area contributed by atoms with E-state index in [0.717, 1.165) is 28.1 Å². The van der Waals surface area contributed by atoms with Crippen LogP contribution in [-0.4, -0.2) is 16.5 Å². The van der Waals surface area contributed by atoms with Crippen LogP contribution in [0.1, 0.15) is 42.5 Å². The van der Waals surface area contributed by atoms with Crippen LogP contribution in [0.15, 0.2) is 4.79 Å². The standard InChI is InChI=1S/C15H21N3OS/c1-4-15(5-6-15)8-16-7-11-17-13(19)12-9(2)10(3)20-14(12)18-11/h16H,4-8H2,1-3H3,(H,17,18,19). The van der Waals surface area contributed by atoms with Crippen molar-refractivity contribution >= 4 is 21.6 Å². The van der Waals surface area contributed by atoms with Gasteiger partial charge in [-0.1, -0.05) is 6.92 Å². The molecule has 0 unspecified atom stereocenters. The van der Waals surface area contributed by atoms with Gasteiger partial charge in [0.05, 0.1) is 11.9 Å². The van der Waals surface area contributed by atoms with Crippen LogP contribution in [0, 0.1) is 19.3 Å². The Hall–Kier alpha value is -1.20. The maximum absolute atomic E-state index is 12.1. The van der Waals surface area contributed by atoms with Crippen LogP contribution in [0.25, 0.3) is 10.2 Å². The van der Waals surface area contributed by atoms with Crippen LogP contribution >= 0.6 is 11.3 Å². The molecular weight excluding hydrogens is 270 g/mol. The van der Waals surface area contributed by atoms with Crippen molar-refractivity contribution in [2.24, 2.45) is 5.41 Å². The number of aromatic amines is 1. The number of aryl methyl sites for hydroxylation is 2. The molecular formula is C15H21N3OS. The summed E-state index contributed by atoms with van der Waals surface area (Å²) in [5, 5.41) is 4.19. The molecule has 2 aromatic rings.